The van der Waals surface area contributed by atoms with E-state index >= 15 is 0 Å². The number of benzene rings is 2. The van der Waals surface area contributed by atoms with Crippen molar-refractivity contribution >= 4 is 23.2 Å². The number of rotatable bonds is 4. The van der Waals surface area contributed by atoms with Gasteiger partial charge in [0.15, 0.2) is 0 Å². The van der Waals surface area contributed by atoms with Crippen LogP contribution in [0.4, 0.5) is 11.4 Å². The number of nitrogens with one attached hydrogen (secondary N) is 1. The number of imide groups is 1. The van der Waals surface area contributed by atoms with Crippen molar-refractivity contribution in [3.05, 3.63) is 59.2 Å². The Balaban J connectivity index is 1.79. The van der Waals surface area contributed by atoms with E-state index in [0.717, 1.165) is 23.2 Å². The molecule has 124 valence electrons. The Bertz CT molecular complexity index is 781. The fourth-order valence-corrected chi connectivity index (χ4v) is 2.92. The molecule has 1 aliphatic heterocycles. The first-order valence-electron chi connectivity index (χ1n) is 8.29. The molecule has 3 rings (SSSR count). The summed E-state index contributed by atoms with van der Waals surface area (Å²) in [5.74, 6) is -0.353. The molecule has 1 aliphatic rings. The molecule has 1 atom stereocenters. The van der Waals surface area contributed by atoms with Crippen LogP contribution in [0.2, 0.25) is 0 Å². The number of anilines is 2. The lowest BCUT2D eigenvalue weighted by atomic mass is 10.1. The van der Waals surface area contributed by atoms with Crippen molar-refractivity contribution < 1.29 is 9.59 Å². The van der Waals surface area contributed by atoms with Gasteiger partial charge in [0.25, 0.3) is 5.91 Å². The molecule has 0 spiro atoms. The van der Waals surface area contributed by atoms with Crippen LogP contribution >= 0.6 is 0 Å². The van der Waals surface area contributed by atoms with Crippen molar-refractivity contribution in [2.24, 2.45) is 0 Å². The number of carbonyl (C=O) groups is 2. The van der Waals surface area contributed by atoms with Crippen LogP contribution < -0.4 is 10.2 Å². The van der Waals surface area contributed by atoms with E-state index in [1.807, 2.05) is 56.3 Å². The number of hydrogen-bond acceptors (Lipinski definition) is 3. The van der Waals surface area contributed by atoms with Crippen molar-refractivity contribution in [3.63, 3.8) is 0 Å². The van der Waals surface area contributed by atoms with E-state index in [4.69, 9.17) is 0 Å². The van der Waals surface area contributed by atoms with Crippen molar-refractivity contribution in [2.45, 2.75) is 39.7 Å². The van der Waals surface area contributed by atoms with Crippen LogP contribution in [-0.4, -0.2) is 17.9 Å². The minimum absolute atomic E-state index is 0.161. The molecule has 1 N–H and O–H groups in total. The van der Waals surface area contributed by atoms with E-state index in [-0.39, 0.29) is 18.2 Å². The first-order valence-corrected chi connectivity index (χ1v) is 8.29. The normalized spacial score (nSPS) is 17.5. The van der Waals surface area contributed by atoms with Gasteiger partial charge in [0.1, 0.15) is 6.04 Å². The molecule has 2 amide bonds. The summed E-state index contributed by atoms with van der Waals surface area (Å²) in [6, 6.07) is 13.1. The maximum Gasteiger partial charge on any atom is 0.256 e. The second-order valence-electron chi connectivity index (χ2n) is 6.29. The van der Waals surface area contributed by atoms with Crippen molar-refractivity contribution in [2.75, 3.05) is 10.2 Å². The zero-order chi connectivity index (χ0) is 17.3. The van der Waals surface area contributed by atoms with Gasteiger partial charge in [0.05, 0.1) is 12.1 Å². The van der Waals surface area contributed by atoms with Crippen LogP contribution in [0.1, 0.15) is 30.0 Å². The molecule has 4 heteroatoms. The van der Waals surface area contributed by atoms with Crippen LogP contribution in [-0.2, 0) is 16.0 Å². The molecule has 1 heterocycles. The van der Waals surface area contributed by atoms with Crippen molar-refractivity contribution in [3.8, 4) is 0 Å². The predicted octanol–water partition coefficient (Wildman–Crippen LogP) is 3.61. The lowest BCUT2D eigenvalue weighted by molar-refractivity contribution is -0.121. The van der Waals surface area contributed by atoms with Gasteiger partial charge in [-0.2, -0.15) is 0 Å². The Kier molecular flexibility index (Phi) is 4.38. The summed E-state index contributed by atoms with van der Waals surface area (Å²) in [4.78, 5) is 26.3. The third-order valence-corrected chi connectivity index (χ3v) is 4.60. The average Bonchev–Trinajstić information content (AvgIpc) is 2.85. The molecule has 0 radical (unpaired) electrons. The summed E-state index contributed by atoms with van der Waals surface area (Å²) >= 11 is 0. The summed E-state index contributed by atoms with van der Waals surface area (Å²) in [6.07, 6.45) is 1.16. The van der Waals surface area contributed by atoms with Gasteiger partial charge in [0.2, 0.25) is 5.91 Å². The first kappa shape index (κ1) is 16.2. The first-order chi connectivity index (χ1) is 11.5. The van der Waals surface area contributed by atoms with E-state index in [0.29, 0.717) is 5.69 Å². The van der Waals surface area contributed by atoms with Crippen LogP contribution in [0.5, 0.6) is 0 Å². The maximum atomic E-state index is 12.7. The largest absolute Gasteiger partial charge is 0.373 e. The highest BCUT2D eigenvalue weighted by molar-refractivity contribution is 6.23. The van der Waals surface area contributed by atoms with Gasteiger partial charge in [-0.25, -0.2) is 4.90 Å². The van der Waals surface area contributed by atoms with Gasteiger partial charge < -0.3 is 5.32 Å². The third-order valence-electron chi connectivity index (χ3n) is 4.60. The van der Waals surface area contributed by atoms with Gasteiger partial charge in [-0.15, -0.1) is 0 Å². The van der Waals surface area contributed by atoms with Crippen LogP contribution in [0.3, 0.4) is 0 Å². The SMILES string of the molecule is CCc1ccc(N[C@H]2CC(=O)N(c3ccc(C)c(C)c3)C2=O)cc1. The standard InChI is InChI=1S/C20H22N2O2/c1-4-15-6-8-16(9-7-15)21-18-12-19(23)22(20(18)24)17-10-5-13(2)14(3)11-17/h5-11,18,21H,4,12H2,1-3H3/t18-/m0/s1. The summed E-state index contributed by atoms with van der Waals surface area (Å²) in [7, 11) is 0. The topological polar surface area (TPSA) is 49.4 Å². The number of carbonyl (C=O) groups excluding carboxylic acids is 2. The van der Waals surface area contributed by atoms with Crippen LogP contribution in [0.25, 0.3) is 0 Å². The quantitative estimate of drug-likeness (QED) is 0.875. The second-order valence-corrected chi connectivity index (χ2v) is 6.29. The van der Waals surface area contributed by atoms with Gasteiger partial charge in [0, 0.05) is 5.69 Å². The predicted molar refractivity (Wildman–Crippen MR) is 96.3 cm³/mol. The molecule has 1 fully saturated rings. The fourth-order valence-electron chi connectivity index (χ4n) is 2.92. The Labute approximate surface area is 142 Å². The van der Waals surface area contributed by atoms with Crippen LogP contribution in [0.15, 0.2) is 42.5 Å². The summed E-state index contributed by atoms with van der Waals surface area (Å²) in [5.41, 5.74) is 4.97. The fraction of sp³-hybridized carbons (Fsp3) is 0.300. The zero-order valence-corrected chi connectivity index (χ0v) is 14.3. The highest BCUT2D eigenvalue weighted by atomic mass is 16.2. The molecular formula is C20H22N2O2. The Hall–Kier alpha value is -2.62. The molecule has 2 aromatic carbocycles. The van der Waals surface area contributed by atoms with Gasteiger partial charge in [-0.05, 0) is 61.2 Å². The lowest BCUT2D eigenvalue weighted by Crippen LogP contribution is -2.34. The number of aryl methyl sites for hydroxylation is 3. The summed E-state index contributed by atoms with van der Waals surface area (Å²) < 4.78 is 0. The Morgan fingerprint density at radius 1 is 1.04 bits per heavy atom. The van der Waals surface area contributed by atoms with Crippen molar-refractivity contribution in [1.82, 2.24) is 0 Å². The third kappa shape index (κ3) is 3.04. The van der Waals surface area contributed by atoms with E-state index in [2.05, 4.69) is 12.2 Å². The van der Waals surface area contributed by atoms with E-state index in [1.165, 1.54) is 10.5 Å². The number of nitrogens with zero attached hydrogens (tertiary/aromatic N) is 1. The number of hydrogen-bond donors (Lipinski definition) is 1. The number of amides is 2. The molecule has 0 bridgehead atoms. The van der Waals surface area contributed by atoms with Gasteiger partial charge >= 0.3 is 0 Å². The molecular weight excluding hydrogens is 300 g/mol. The molecule has 0 aromatic heterocycles. The smallest absolute Gasteiger partial charge is 0.256 e. The molecule has 1 saturated heterocycles. The monoisotopic (exact) mass is 322 g/mol. The molecule has 4 nitrogen and oxygen atoms in total. The van der Waals surface area contributed by atoms with E-state index in [9.17, 15) is 9.59 Å². The highest BCUT2D eigenvalue weighted by Crippen LogP contribution is 2.26. The van der Waals surface area contributed by atoms with Gasteiger partial charge in [-0.1, -0.05) is 25.1 Å². The molecule has 0 saturated carbocycles. The second kappa shape index (κ2) is 6.48. The summed E-state index contributed by atoms with van der Waals surface area (Å²) in [5, 5.41) is 3.19. The van der Waals surface area contributed by atoms with Crippen LogP contribution in [0, 0.1) is 13.8 Å². The zero-order valence-electron chi connectivity index (χ0n) is 14.3. The summed E-state index contributed by atoms with van der Waals surface area (Å²) in [6.45, 7) is 6.09. The van der Waals surface area contributed by atoms with E-state index in [1.54, 1.807) is 0 Å². The Morgan fingerprint density at radius 2 is 1.75 bits per heavy atom. The molecule has 24 heavy (non-hydrogen) atoms. The maximum absolute atomic E-state index is 12.7. The molecule has 2 aromatic rings. The highest BCUT2D eigenvalue weighted by Gasteiger charge is 2.39. The average molecular weight is 322 g/mol. The Morgan fingerprint density at radius 3 is 2.38 bits per heavy atom. The van der Waals surface area contributed by atoms with Gasteiger partial charge in [-0.3, -0.25) is 9.59 Å². The minimum atomic E-state index is -0.508. The van der Waals surface area contributed by atoms with Crippen molar-refractivity contribution in [1.29, 1.82) is 0 Å². The lowest BCUT2D eigenvalue weighted by Gasteiger charge is -2.17. The minimum Gasteiger partial charge on any atom is -0.373 e. The molecule has 0 unspecified atom stereocenters. The van der Waals surface area contributed by atoms with E-state index < -0.39 is 6.04 Å². The molecule has 0 aliphatic carbocycles.